The van der Waals surface area contributed by atoms with Crippen molar-refractivity contribution >= 4 is 11.5 Å². The zero-order chi connectivity index (χ0) is 14.8. The number of aromatic nitrogens is 3. The number of ether oxygens (including phenoxy) is 1. The van der Waals surface area contributed by atoms with Gasteiger partial charge >= 0.3 is 0 Å². The van der Waals surface area contributed by atoms with E-state index >= 15 is 0 Å². The number of hydrogen-bond donors (Lipinski definition) is 1. The van der Waals surface area contributed by atoms with Crippen LogP contribution < -0.4 is 10.1 Å². The topological polar surface area (TPSA) is 51.5 Å². The summed E-state index contributed by atoms with van der Waals surface area (Å²) in [6.07, 6.45) is 1.87. The molecule has 2 heterocycles. The number of fused-ring (bicyclic) bond motifs is 1. The lowest BCUT2D eigenvalue weighted by Gasteiger charge is -2.11. The van der Waals surface area contributed by atoms with Crippen molar-refractivity contribution in [1.82, 2.24) is 14.6 Å². The van der Waals surface area contributed by atoms with Gasteiger partial charge in [0.2, 0.25) is 0 Å². The molecule has 1 aromatic carbocycles. The fraction of sp³-hybridized carbons (Fsp3) is 0.250. The lowest BCUT2D eigenvalue weighted by atomic mass is 10.2. The summed E-state index contributed by atoms with van der Waals surface area (Å²) in [5.74, 6) is 1.84. The molecule has 0 amide bonds. The number of nitrogens with zero attached hydrogens (tertiary/aromatic N) is 3. The van der Waals surface area contributed by atoms with Crippen LogP contribution in [-0.4, -0.2) is 21.7 Å². The van der Waals surface area contributed by atoms with Gasteiger partial charge < -0.3 is 10.1 Å². The number of aryl methyl sites for hydroxylation is 2. The van der Waals surface area contributed by atoms with Crippen LogP contribution in [0, 0.1) is 13.8 Å². The molecule has 0 spiro atoms. The fourth-order valence-electron chi connectivity index (χ4n) is 2.28. The summed E-state index contributed by atoms with van der Waals surface area (Å²) in [4.78, 5) is 4.38. The maximum absolute atomic E-state index is 5.17. The van der Waals surface area contributed by atoms with E-state index in [-0.39, 0.29) is 0 Å². The van der Waals surface area contributed by atoms with Gasteiger partial charge in [0.15, 0.2) is 5.65 Å². The molecule has 1 N–H and O–H groups in total. The van der Waals surface area contributed by atoms with Crippen molar-refractivity contribution in [2.45, 2.75) is 20.4 Å². The second-order valence-electron chi connectivity index (χ2n) is 5.05. The summed E-state index contributed by atoms with van der Waals surface area (Å²) in [5, 5.41) is 7.93. The molecule has 0 saturated heterocycles. The van der Waals surface area contributed by atoms with E-state index in [1.807, 2.05) is 54.9 Å². The van der Waals surface area contributed by atoms with Gasteiger partial charge in [-0.15, -0.1) is 0 Å². The van der Waals surface area contributed by atoms with Crippen molar-refractivity contribution in [1.29, 1.82) is 0 Å². The molecule has 5 nitrogen and oxygen atoms in total. The Hall–Kier alpha value is -2.56. The fourth-order valence-corrected chi connectivity index (χ4v) is 2.28. The van der Waals surface area contributed by atoms with Gasteiger partial charge in [0.05, 0.1) is 12.8 Å². The van der Waals surface area contributed by atoms with Gasteiger partial charge in [-0.25, -0.2) is 4.98 Å². The highest BCUT2D eigenvalue weighted by Crippen LogP contribution is 2.18. The van der Waals surface area contributed by atoms with Gasteiger partial charge in [0.25, 0.3) is 0 Å². The first-order chi connectivity index (χ1) is 10.2. The smallest absolute Gasteiger partial charge is 0.157 e. The van der Waals surface area contributed by atoms with Crippen LogP contribution in [0.25, 0.3) is 5.65 Å². The van der Waals surface area contributed by atoms with Gasteiger partial charge in [0.1, 0.15) is 11.6 Å². The average molecular weight is 282 g/mol. The molecule has 3 aromatic rings. The molecule has 2 aromatic heterocycles. The molecule has 3 rings (SSSR count). The summed E-state index contributed by atoms with van der Waals surface area (Å²) < 4.78 is 7.02. The van der Waals surface area contributed by atoms with Crippen LogP contribution in [0.5, 0.6) is 5.75 Å². The van der Waals surface area contributed by atoms with Gasteiger partial charge in [-0.2, -0.15) is 9.61 Å². The Kier molecular flexibility index (Phi) is 3.48. The molecule has 0 bridgehead atoms. The van der Waals surface area contributed by atoms with Crippen LogP contribution >= 0.6 is 0 Å². The van der Waals surface area contributed by atoms with Crippen molar-refractivity contribution in [3.05, 3.63) is 53.3 Å². The molecule has 0 aliphatic carbocycles. The summed E-state index contributed by atoms with van der Waals surface area (Å²) >= 11 is 0. The third kappa shape index (κ3) is 2.67. The Labute approximate surface area is 123 Å². The number of benzene rings is 1. The Balaban J connectivity index is 1.85. The third-order valence-electron chi connectivity index (χ3n) is 3.41. The summed E-state index contributed by atoms with van der Waals surface area (Å²) in [5.41, 5.74) is 4.07. The highest BCUT2D eigenvalue weighted by Gasteiger charge is 2.07. The third-order valence-corrected chi connectivity index (χ3v) is 3.41. The van der Waals surface area contributed by atoms with Crippen molar-refractivity contribution in [2.75, 3.05) is 12.4 Å². The van der Waals surface area contributed by atoms with E-state index in [9.17, 15) is 0 Å². The zero-order valence-corrected chi connectivity index (χ0v) is 12.4. The number of hydrogen-bond acceptors (Lipinski definition) is 4. The van der Waals surface area contributed by atoms with Gasteiger partial charge in [-0.1, -0.05) is 12.1 Å². The van der Waals surface area contributed by atoms with Crippen LogP contribution in [-0.2, 0) is 6.54 Å². The molecule has 108 valence electrons. The predicted octanol–water partition coefficient (Wildman–Crippen LogP) is 2.97. The van der Waals surface area contributed by atoms with E-state index in [1.54, 1.807) is 7.11 Å². The molecule has 0 saturated carbocycles. The van der Waals surface area contributed by atoms with E-state index in [0.717, 1.165) is 35.0 Å². The van der Waals surface area contributed by atoms with E-state index in [4.69, 9.17) is 4.74 Å². The lowest BCUT2D eigenvalue weighted by molar-refractivity contribution is 0.414. The summed E-state index contributed by atoms with van der Waals surface area (Å²) in [7, 11) is 1.67. The Morgan fingerprint density at radius 3 is 2.67 bits per heavy atom. The molecule has 0 aliphatic rings. The molecule has 0 atom stereocenters. The van der Waals surface area contributed by atoms with Crippen LogP contribution in [0.4, 0.5) is 5.82 Å². The lowest BCUT2D eigenvalue weighted by Crippen LogP contribution is -2.08. The maximum Gasteiger partial charge on any atom is 0.157 e. The van der Waals surface area contributed by atoms with Crippen molar-refractivity contribution < 1.29 is 4.74 Å². The average Bonchev–Trinajstić information content (AvgIpc) is 2.87. The van der Waals surface area contributed by atoms with Crippen LogP contribution in [0.3, 0.4) is 0 Å². The summed E-state index contributed by atoms with van der Waals surface area (Å²) in [6, 6.07) is 9.99. The Bertz CT molecular complexity index is 762. The quantitative estimate of drug-likeness (QED) is 0.799. The van der Waals surface area contributed by atoms with Crippen molar-refractivity contribution in [3.63, 3.8) is 0 Å². The van der Waals surface area contributed by atoms with Crippen LogP contribution in [0.15, 0.2) is 36.5 Å². The largest absolute Gasteiger partial charge is 0.497 e. The molecular formula is C16H18N4O. The maximum atomic E-state index is 5.17. The van der Waals surface area contributed by atoms with E-state index in [1.165, 1.54) is 5.56 Å². The molecule has 21 heavy (non-hydrogen) atoms. The standard InChI is InChI=1S/C16H18N4O/c1-11-9-17-15-8-12(2)19-20(15)16(11)18-10-13-4-6-14(21-3)7-5-13/h4-9,18H,10H2,1-3H3. The minimum atomic E-state index is 0.725. The Morgan fingerprint density at radius 1 is 1.19 bits per heavy atom. The number of nitrogens with one attached hydrogen (secondary N) is 1. The van der Waals surface area contributed by atoms with Gasteiger partial charge in [0, 0.05) is 24.4 Å². The van der Waals surface area contributed by atoms with Gasteiger partial charge in [-0.3, -0.25) is 0 Å². The predicted molar refractivity (Wildman–Crippen MR) is 82.8 cm³/mol. The number of anilines is 1. The SMILES string of the molecule is COc1ccc(CNc2c(C)cnc3cc(C)nn23)cc1. The van der Waals surface area contributed by atoms with Gasteiger partial charge in [-0.05, 0) is 31.5 Å². The monoisotopic (exact) mass is 282 g/mol. The molecule has 0 radical (unpaired) electrons. The number of methoxy groups -OCH3 is 1. The molecule has 0 aliphatic heterocycles. The first-order valence-electron chi connectivity index (χ1n) is 6.86. The van der Waals surface area contributed by atoms with Crippen LogP contribution in [0.1, 0.15) is 16.8 Å². The van der Waals surface area contributed by atoms with E-state index in [2.05, 4.69) is 15.4 Å². The van der Waals surface area contributed by atoms with Crippen molar-refractivity contribution in [3.8, 4) is 5.75 Å². The molecule has 0 fully saturated rings. The second kappa shape index (κ2) is 5.44. The zero-order valence-electron chi connectivity index (χ0n) is 12.4. The molecule has 0 unspecified atom stereocenters. The van der Waals surface area contributed by atoms with E-state index in [0.29, 0.717) is 0 Å². The first kappa shape index (κ1) is 13.4. The minimum Gasteiger partial charge on any atom is -0.497 e. The summed E-state index contributed by atoms with van der Waals surface area (Å²) in [6.45, 7) is 4.72. The highest BCUT2D eigenvalue weighted by molar-refractivity contribution is 5.53. The molecular weight excluding hydrogens is 264 g/mol. The Morgan fingerprint density at radius 2 is 1.95 bits per heavy atom. The van der Waals surface area contributed by atoms with Crippen LogP contribution in [0.2, 0.25) is 0 Å². The van der Waals surface area contributed by atoms with E-state index < -0.39 is 0 Å². The normalized spacial score (nSPS) is 10.8. The highest BCUT2D eigenvalue weighted by atomic mass is 16.5. The minimum absolute atomic E-state index is 0.725. The second-order valence-corrected chi connectivity index (χ2v) is 5.05. The molecule has 5 heteroatoms. The number of rotatable bonds is 4. The first-order valence-corrected chi connectivity index (χ1v) is 6.86. The van der Waals surface area contributed by atoms with Crippen molar-refractivity contribution in [2.24, 2.45) is 0 Å².